The van der Waals surface area contributed by atoms with E-state index in [4.69, 9.17) is 4.74 Å². The van der Waals surface area contributed by atoms with Crippen molar-refractivity contribution < 1.29 is 9.53 Å². The van der Waals surface area contributed by atoms with Crippen LogP contribution in [0.5, 0.6) is 0 Å². The third kappa shape index (κ3) is 22.9. The zero-order valence-corrected chi connectivity index (χ0v) is 21.8. The first-order chi connectivity index (χ1) is 12.7. The normalized spacial score (nSPS) is 11.0. The summed E-state index contributed by atoms with van der Waals surface area (Å²) in [6.07, 6.45) is 21.7. The van der Waals surface area contributed by atoms with Crippen molar-refractivity contribution in [3.05, 3.63) is 12.7 Å². The molecule has 0 aliphatic heterocycles. The standard InChI is InChI=1S/C21H38I2O2Si/c1-2-20(24)25-18-16-14-12-10-8-6-4-3-5-7-9-11-13-15-17-19-26-21(22)23/h2,21H,1,3-19H2. The summed E-state index contributed by atoms with van der Waals surface area (Å²) < 4.78 is 5.81. The van der Waals surface area contributed by atoms with Gasteiger partial charge in [0.2, 0.25) is 0 Å². The largest absolute Gasteiger partial charge is 0.463 e. The van der Waals surface area contributed by atoms with Crippen LogP contribution in [0.4, 0.5) is 0 Å². The summed E-state index contributed by atoms with van der Waals surface area (Å²) in [5.74, 6) is -0.300. The summed E-state index contributed by atoms with van der Waals surface area (Å²) in [5, 5.41) is 0. The van der Waals surface area contributed by atoms with Gasteiger partial charge in [0.15, 0.2) is 0 Å². The maximum Gasteiger partial charge on any atom is 0.330 e. The molecule has 26 heavy (non-hydrogen) atoms. The molecule has 0 unspecified atom stereocenters. The molecule has 0 spiro atoms. The third-order valence-corrected chi connectivity index (χ3v) is 8.12. The van der Waals surface area contributed by atoms with Gasteiger partial charge in [-0.25, -0.2) is 4.79 Å². The van der Waals surface area contributed by atoms with Gasteiger partial charge in [0.25, 0.3) is 0 Å². The first-order valence-corrected chi connectivity index (χ1v) is 14.2. The quantitative estimate of drug-likeness (QED) is 0.0354. The number of ether oxygens (including phenoxy) is 1. The Morgan fingerprint density at radius 1 is 0.769 bits per heavy atom. The van der Waals surface area contributed by atoms with Gasteiger partial charge in [-0.15, -0.1) is 0 Å². The summed E-state index contributed by atoms with van der Waals surface area (Å²) in [4.78, 5) is 10.9. The molecule has 2 nitrogen and oxygen atoms in total. The number of carbonyl (C=O) groups excluding carboxylic acids is 1. The monoisotopic (exact) mass is 604 g/mol. The van der Waals surface area contributed by atoms with E-state index in [0.29, 0.717) is 6.61 Å². The molecule has 2 radical (unpaired) electrons. The molecule has 0 fully saturated rings. The van der Waals surface area contributed by atoms with Gasteiger partial charge in [0.1, 0.15) is 0 Å². The first kappa shape index (κ1) is 26.9. The molecule has 0 bridgehead atoms. The van der Waals surface area contributed by atoms with Crippen LogP contribution < -0.4 is 0 Å². The van der Waals surface area contributed by atoms with Crippen molar-refractivity contribution >= 4 is 60.7 Å². The molecule has 0 amide bonds. The third-order valence-electron chi connectivity index (χ3n) is 4.53. The zero-order valence-electron chi connectivity index (χ0n) is 16.5. The van der Waals surface area contributed by atoms with E-state index >= 15 is 0 Å². The summed E-state index contributed by atoms with van der Waals surface area (Å²) in [5.41, 5.74) is 0. The van der Waals surface area contributed by atoms with Crippen LogP contribution in [-0.2, 0) is 9.53 Å². The number of esters is 1. The lowest BCUT2D eigenvalue weighted by molar-refractivity contribution is -0.137. The smallest absolute Gasteiger partial charge is 0.330 e. The number of unbranched alkanes of at least 4 members (excludes halogenated alkanes) is 14. The molecular formula is C21H38I2O2Si. The molecule has 0 aliphatic carbocycles. The molecule has 0 heterocycles. The molecule has 152 valence electrons. The second-order valence-electron chi connectivity index (χ2n) is 6.93. The minimum absolute atomic E-state index is 0.300. The molecule has 0 aromatic heterocycles. The maximum atomic E-state index is 10.9. The average Bonchev–Trinajstić information content (AvgIpc) is 2.63. The minimum Gasteiger partial charge on any atom is -0.463 e. The Balaban J connectivity index is 3.03. The molecular weight excluding hydrogens is 566 g/mol. The van der Waals surface area contributed by atoms with Gasteiger partial charge in [0, 0.05) is 6.08 Å². The van der Waals surface area contributed by atoms with Crippen LogP contribution in [0.3, 0.4) is 0 Å². The van der Waals surface area contributed by atoms with E-state index in [0.717, 1.165) is 17.5 Å². The van der Waals surface area contributed by atoms with Crippen LogP contribution in [-0.4, -0.2) is 23.7 Å². The van der Waals surface area contributed by atoms with E-state index < -0.39 is 0 Å². The van der Waals surface area contributed by atoms with Gasteiger partial charge in [-0.2, -0.15) is 0 Å². The number of carbonyl (C=O) groups is 1. The summed E-state index contributed by atoms with van der Waals surface area (Å²) in [7, 11) is 1.15. The van der Waals surface area contributed by atoms with Crippen molar-refractivity contribution in [2.24, 2.45) is 0 Å². The van der Waals surface area contributed by atoms with E-state index in [1.165, 1.54) is 102 Å². The summed E-state index contributed by atoms with van der Waals surface area (Å²) in [6.45, 7) is 3.93. The second-order valence-corrected chi connectivity index (χ2v) is 15.6. The van der Waals surface area contributed by atoms with Crippen molar-refractivity contribution in [2.45, 2.75) is 104 Å². The fraction of sp³-hybridized carbons (Fsp3) is 0.857. The average molecular weight is 604 g/mol. The molecule has 0 saturated carbocycles. The van der Waals surface area contributed by atoms with Gasteiger partial charge in [-0.05, 0) is 6.42 Å². The van der Waals surface area contributed by atoms with Crippen LogP contribution in [0.25, 0.3) is 0 Å². The second kappa shape index (κ2) is 22.2. The predicted molar refractivity (Wildman–Crippen MR) is 133 cm³/mol. The number of rotatable bonds is 20. The van der Waals surface area contributed by atoms with Gasteiger partial charge >= 0.3 is 5.97 Å². The lowest BCUT2D eigenvalue weighted by Gasteiger charge is -2.04. The van der Waals surface area contributed by atoms with E-state index in [1.807, 2.05) is 0 Å². The Bertz CT molecular complexity index is 325. The van der Waals surface area contributed by atoms with E-state index in [-0.39, 0.29) is 5.97 Å². The van der Waals surface area contributed by atoms with Crippen molar-refractivity contribution in [1.29, 1.82) is 0 Å². The first-order valence-electron chi connectivity index (χ1n) is 10.5. The van der Waals surface area contributed by atoms with E-state index in [1.54, 1.807) is 0 Å². The van der Waals surface area contributed by atoms with Crippen molar-refractivity contribution in [1.82, 2.24) is 0 Å². The van der Waals surface area contributed by atoms with Crippen LogP contribution in [0.15, 0.2) is 12.7 Å². The lowest BCUT2D eigenvalue weighted by atomic mass is 10.0. The van der Waals surface area contributed by atoms with Gasteiger partial charge in [-0.1, -0.05) is 148 Å². The molecule has 0 aromatic carbocycles. The fourth-order valence-electron chi connectivity index (χ4n) is 2.97. The molecule has 0 saturated heterocycles. The molecule has 0 aliphatic rings. The molecule has 0 atom stereocenters. The highest BCUT2D eigenvalue weighted by molar-refractivity contribution is 14.2. The van der Waals surface area contributed by atoms with Gasteiger partial charge in [-0.3, -0.25) is 0 Å². The molecule has 5 heteroatoms. The highest BCUT2D eigenvalue weighted by Gasteiger charge is 1.99. The minimum atomic E-state index is -0.300. The van der Waals surface area contributed by atoms with E-state index in [2.05, 4.69) is 51.8 Å². The van der Waals surface area contributed by atoms with Crippen molar-refractivity contribution in [2.75, 3.05) is 6.61 Å². The van der Waals surface area contributed by atoms with Crippen molar-refractivity contribution in [3.63, 3.8) is 0 Å². The van der Waals surface area contributed by atoms with E-state index in [9.17, 15) is 4.79 Å². The highest BCUT2D eigenvalue weighted by atomic mass is 127. The Kier molecular flexibility index (Phi) is 22.9. The summed E-state index contributed by atoms with van der Waals surface area (Å²) >= 11 is 5.06. The Morgan fingerprint density at radius 2 is 1.15 bits per heavy atom. The fourth-order valence-corrected chi connectivity index (χ4v) is 5.51. The van der Waals surface area contributed by atoms with Gasteiger partial charge < -0.3 is 4.74 Å². The predicted octanol–water partition coefficient (Wildman–Crippen LogP) is 7.84. The molecule has 0 N–H and O–H groups in total. The Hall–Kier alpha value is 0.887. The number of hydrogen-bond acceptors (Lipinski definition) is 2. The Morgan fingerprint density at radius 3 is 1.54 bits per heavy atom. The van der Waals surface area contributed by atoms with Crippen LogP contribution in [0.1, 0.15) is 96.3 Å². The van der Waals surface area contributed by atoms with Crippen LogP contribution in [0.2, 0.25) is 6.04 Å². The number of halogens is 2. The zero-order chi connectivity index (χ0) is 19.3. The number of hydrogen-bond donors (Lipinski definition) is 0. The Labute approximate surface area is 192 Å². The number of alkyl halides is 2. The summed E-state index contributed by atoms with van der Waals surface area (Å²) in [6, 6.07) is 1.44. The van der Waals surface area contributed by atoms with Crippen LogP contribution >= 0.6 is 45.2 Å². The van der Waals surface area contributed by atoms with Crippen LogP contribution in [0, 0.1) is 0 Å². The SMILES string of the molecule is C=CC(=O)OCCCCCCCCCCCCCCCCC[Si]C(I)I. The molecule has 0 aromatic rings. The highest BCUT2D eigenvalue weighted by Crippen LogP contribution is 2.15. The van der Waals surface area contributed by atoms with Crippen molar-refractivity contribution in [3.8, 4) is 0 Å². The topological polar surface area (TPSA) is 26.3 Å². The maximum absolute atomic E-state index is 10.9. The lowest BCUT2D eigenvalue weighted by Crippen LogP contribution is -2.01. The van der Waals surface area contributed by atoms with Gasteiger partial charge in [0.05, 0.1) is 17.7 Å². The molecule has 0 rings (SSSR count).